The van der Waals surface area contributed by atoms with Gasteiger partial charge in [-0.25, -0.2) is 0 Å². The Balaban J connectivity index is 3.45. The van der Waals surface area contributed by atoms with Crippen molar-refractivity contribution in [1.29, 1.82) is 0 Å². The summed E-state index contributed by atoms with van der Waals surface area (Å²) in [6, 6.07) is 0. The van der Waals surface area contributed by atoms with Crippen LogP contribution < -0.4 is 0 Å². The fraction of sp³-hybridized carbons (Fsp3) is 0.955. The van der Waals surface area contributed by atoms with Crippen molar-refractivity contribution in [3.63, 3.8) is 0 Å². The van der Waals surface area contributed by atoms with Crippen LogP contribution in [0.15, 0.2) is 0 Å². The van der Waals surface area contributed by atoms with Gasteiger partial charge in [-0.1, -0.05) is 52.4 Å². The number of carbonyl (C=O) groups is 1. The van der Waals surface area contributed by atoms with Crippen molar-refractivity contribution in [3.8, 4) is 0 Å². The van der Waals surface area contributed by atoms with Crippen LogP contribution in [-0.4, -0.2) is 63.9 Å². The Morgan fingerprint density at radius 3 is 1.36 bits per heavy atom. The summed E-state index contributed by atoms with van der Waals surface area (Å²) in [5.74, 6) is -1.21. The summed E-state index contributed by atoms with van der Waals surface area (Å²) in [6.45, 7) is 9.01. The molecule has 0 aliphatic carbocycles. The predicted molar refractivity (Wildman–Crippen MR) is 112 cm³/mol. The number of unbranched alkanes of at least 4 members (excludes halogenated alkanes) is 6. The third-order valence-electron chi connectivity index (χ3n) is 4.60. The summed E-state index contributed by atoms with van der Waals surface area (Å²) in [5.41, 5.74) is 0. The number of carboxylic acid groups (broad SMARTS) is 1. The van der Waals surface area contributed by atoms with E-state index in [4.69, 9.17) is 18.9 Å². The van der Waals surface area contributed by atoms with E-state index in [1.165, 1.54) is 38.5 Å². The summed E-state index contributed by atoms with van der Waals surface area (Å²) in [4.78, 5) is 11.3. The molecule has 0 spiro atoms. The van der Waals surface area contributed by atoms with Crippen LogP contribution in [0.4, 0.5) is 0 Å². The van der Waals surface area contributed by atoms with Crippen LogP contribution in [0.3, 0.4) is 0 Å². The zero-order valence-electron chi connectivity index (χ0n) is 18.3. The highest BCUT2D eigenvalue weighted by atomic mass is 16.5. The molecular formula is C22H44O6. The lowest BCUT2D eigenvalue weighted by Gasteiger charge is -2.13. The molecule has 0 fully saturated rings. The zero-order chi connectivity index (χ0) is 20.7. The number of ether oxygens (including phenoxy) is 4. The largest absolute Gasteiger partial charge is 0.481 e. The van der Waals surface area contributed by atoms with Crippen LogP contribution in [0.5, 0.6) is 0 Å². The molecule has 28 heavy (non-hydrogen) atoms. The van der Waals surface area contributed by atoms with Gasteiger partial charge in [0, 0.05) is 26.4 Å². The van der Waals surface area contributed by atoms with Crippen LogP contribution in [0.2, 0.25) is 0 Å². The first-order chi connectivity index (χ1) is 13.7. The fourth-order valence-electron chi connectivity index (χ4n) is 2.75. The first kappa shape index (κ1) is 27.3. The maximum atomic E-state index is 11.3. The van der Waals surface area contributed by atoms with E-state index in [2.05, 4.69) is 13.8 Å². The number of rotatable bonds is 23. The molecule has 0 heterocycles. The van der Waals surface area contributed by atoms with Crippen molar-refractivity contribution < 1.29 is 28.8 Å². The minimum absolute atomic E-state index is 0.426. The second-order valence-electron chi connectivity index (χ2n) is 7.18. The number of carboxylic acids is 1. The zero-order valence-corrected chi connectivity index (χ0v) is 18.3. The third-order valence-corrected chi connectivity index (χ3v) is 4.60. The van der Waals surface area contributed by atoms with E-state index < -0.39 is 11.9 Å². The second-order valence-corrected chi connectivity index (χ2v) is 7.18. The highest BCUT2D eigenvalue weighted by Crippen LogP contribution is 2.09. The molecule has 0 unspecified atom stereocenters. The standard InChI is InChI=1S/C22H44O6/c1-3-5-7-9-13-25-17-19-27-15-11-21(22(23)24)12-16-28-20-18-26-14-10-8-6-4-2/h21H,3-20H2,1-2H3,(H,23,24). The van der Waals surface area contributed by atoms with Gasteiger partial charge in [-0.2, -0.15) is 0 Å². The van der Waals surface area contributed by atoms with Crippen molar-refractivity contribution in [2.45, 2.75) is 78.1 Å². The molecule has 0 atom stereocenters. The average Bonchev–Trinajstić information content (AvgIpc) is 2.68. The average molecular weight is 405 g/mol. The fourth-order valence-corrected chi connectivity index (χ4v) is 2.75. The molecule has 0 aromatic heterocycles. The van der Waals surface area contributed by atoms with Gasteiger partial charge in [0.05, 0.1) is 32.3 Å². The number of hydrogen-bond acceptors (Lipinski definition) is 5. The Kier molecular flexibility index (Phi) is 22.0. The van der Waals surface area contributed by atoms with E-state index >= 15 is 0 Å². The normalized spacial score (nSPS) is 11.4. The van der Waals surface area contributed by atoms with Crippen molar-refractivity contribution >= 4 is 5.97 Å². The predicted octanol–water partition coefficient (Wildman–Crippen LogP) is 4.69. The molecule has 0 amide bonds. The van der Waals surface area contributed by atoms with Gasteiger partial charge in [0.15, 0.2) is 0 Å². The minimum Gasteiger partial charge on any atom is -0.481 e. The molecule has 1 N–H and O–H groups in total. The molecule has 6 heteroatoms. The summed E-state index contributed by atoms with van der Waals surface area (Å²) in [7, 11) is 0. The monoisotopic (exact) mass is 404 g/mol. The quantitative estimate of drug-likeness (QED) is 0.249. The molecule has 0 rings (SSSR count). The molecule has 0 aliphatic heterocycles. The highest BCUT2D eigenvalue weighted by Gasteiger charge is 2.16. The Hall–Kier alpha value is -0.690. The Bertz CT molecular complexity index is 300. The first-order valence-electron chi connectivity index (χ1n) is 11.3. The van der Waals surface area contributed by atoms with Gasteiger partial charge in [-0.05, 0) is 25.7 Å². The lowest BCUT2D eigenvalue weighted by atomic mass is 10.0. The van der Waals surface area contributed by atoms with Crippen LogP contribution >= 0.6 is 0 Å². The summed E-state index contributed by atoms with van der Waals surface area (Å²) in [5, 5.41) is 9.30. The number of aliphatic carboxylic acids is 1. The van der Waals surface area contributed by atoms with E-state index in [-0.39, 0.29) is 0 Å². The summed E-state index contributed by atoms with van der Waals surface area (Å²) in [6.07, 6.45) is 10.6. The van der Waals surface area contributed by atoms with Crippen molar-refractivity contribution in [1.82, 2.24) is 0 Å². The maximum absolute atomic E-state index is 11.3. The minimum atomic E-state index is -0.786. The van der Waals surface area contributed by atoms with E-state index in [0.29, 0.717) is 52.5 Å². The lowest BCUT2D eigenvalue weighted by Crippen LogP contribution is -2.19. The molecule has 0 saturated heterocycles. The smallest absolute Gasteiger partial charge is 0.306 e. The van der Waals surface area contributed by atoms with Crippen LogP contribution in [-0.2, 0) is 23.7 Å². The van der Waals surface area contributed by atoms with E-state index in [1.54, 1.807) is 0 Å². The first-order valence-corrected chi connectivity index (χ1v) is 11.3. The van der Waals surface area contributed by atoms with Crippen LogP contribution in [0.25, 0.3) is 0 Å². The van der Waals surface area contributed by atoms with Gasteiger partial charge >= 0.3 is 5.97 Å². The SMILES string of the molecule is CCCCCCOCCOCCC(CCOCCOCCCCCC)C(=O)O. The number of hydrogen-bond donors (Lipinski definition) is 1. The van der Waals surface area contributed by atoms with Crippen LogP contribution in [0.1, 0.15) is 78.1 Å². The Labute approximate surface area is 172 Å². The molecule has 0 radical (unpaired) electrons. The molecule has 0 aliphatic rings. The van der Waals surface area contributed by atoms with Gasteiger partial charge in [0.25, 0.3) is 0 Å². The van der Waals surface area contributed by atoms with Crippen molar-refractivity contribution in [2.75, 3.05) is 52.9 Å². The second kappa shape index (κ2) is 22.6. The highest BCUT2D eigenvalue weighted by molar-refractivity contribution is 5.69. The lowest BCUT2D eigenvalue weighted by molar-refractivity contribution is -0.143. The van der Waals surface area contributed by atoms with E-state index in [1.807, 2.05) is 0 Å². The maximum Gasteiger partial charge on any atom is 0.306 e. The summed E-state index contributed by atoms with van der Waals surface area (Å²) >= 11 is 0. The molecule has 0 saturated carbocycles. The van der Waals surface area contributed by atoms with Gasteiger partial charge in [-0.3, -0.25) is 4.79 Å². The molecule has 0 aromatic rings. The Morgan fingerprint density at radius 1 is 0.607 bits per heavy atom. The molecule has 0 aromatic carbocycles. The van der Waals surface area contributed by atoms with E-state index in [9.17, 15) is 9.90 Å². The Morgan fingerprint density at radius 2 is 1.00 bits per heavy atom. The topological polar surface area (TPSA) is 74.2 Å². The van der Waals surface area contributed by atoms with Gasteiger partial charge in [-0.15, -0.1) is 0 Å². The third kappa shape index (κ3) is 20.1. The molecule has 168 valence electrons. The van der Waals surface area contributed by atoms with Crippen LogP contribution in [0, 0.1) is 5.92 Å². The summed E-state index contributed by atoms with van der Waals surface area (Å²) < 4.78 is 22.0. The van der Waals surface area contributed by atoms with Crippen molar-refractivity contribution in [2.24, 2.45) is 5.92 Å². The molecular weight excluding hydrogens is 360 g/mol. The molecule has 0 bridgehead atoms. The van der Waals surface area contributed by atoms with Crippen molar-refractivity contribution in [3.05, 3.63) is 0 Å². The van der Waals surface area contributed by atoms with E-state index in [0.717, 1.165) is 26.1 Å². The molecule has 6 nitrogen and oxygen atoms in total. The van der Waals surface area contributed by atoms with Gasteiger partial charge < -0.3 is 24.1 Å². The van der Waals surface area contributed by atoms with Gasteiger partial charge in [0.2, 0.25) is 0 Å². The van der Waals surface area contributed by atoms with Gasteiger partial charge in [0.1, 0.15) is 0 Å².